The lowest BCUT2D eigenvalue weighted by atomic mass is 9.78. The second-order valence-corrected chi connectivity index (χ2v) is 6.04. The Labute approximate surface area is 137 Å². The van der Waals surface area contributed by atoms with Crippen molar-refractivity contribution in [1.29, 1.82) is 0 Å². The molecule has 3 heteroatoms. The van der Waals surface area contributed by atoms with Gasteiger partial charge in [-0.3, -0.25) is 4.79 Å². The Hall–Kier alpha value is -2.29. The first-order valence-electron chi connectivity index (χ1n) is 8.35. The highest BCUT2D eigenvalue weighted by Gasteiger charge is 2.42. The minimum atomic E-state index is -0.416. The molecule has 1 aliphatic carbocycles. The highest BCUT2D eigenvalue weighted by atomic mass is 16.5. The molecule has 0 bridgehead atoms. The molecule has 2 aromatic rings. The van der Waals surface area contributed by atoms with Gasteiger partial charge in [0.25, 0.3) is 0 Å². The van der Waals surface area contributed by atoms with Crippen molar-refractivity contribution < 1.29 is 9.53 Å². The van der Waals surface area contributed by atoms with Gasteiger partial charge in [0.1, 0.15) is 5.75 Å². The van der Waals surface area contributed by atoms with Gasteiger partial charge in [-0.15, -0.1) is 0 Å². The number of amides is 1. The summed E-state index contributed by atoms with van der Waals surface area (Å²) in [6, 6.07) is 17.8. The summed E-state index contributed by atoms with van der Waals surface area (Å²) < 4.78 is 5.62. The van der Waals surface area contributed by atoms with Gasteiger partial charge in [0, 0.05) is 0 Å². The number of carbonyl (C=O) groups excluding carboxylic acids is 1. The number of carbonyl (C=O) groups is 1. The van der Waals surface area contributed by atoms with Crippen LogP contribution in [0.4, 0.5) is 5.69 Å². The maximum Gasteiger partial charge on any atom is 0.235 e. The molecule has 3 nitrogen and oxygen atoms in total. The average Bonchev–Trinajstić information content (AvgIpc) is 3.09. The van der Waals surface area contributed by atoms with Crippen LogP contribution < -0.4 is 10.1 Å². The molecule has 0 atom stereocenters. The van der Waals surface area contributed by atoms with Crippen LogP contribution in [0.2, 0.25) is 0 Å². The maximum absolute atomic E-state index is 13.1. The fourth-order valence-corrected chi connectivity index (χ4v) is 3.48. The van der Waals surface area contributed by atoms with Gasteiger partial charge in [0.15, 0.2) is 0 Å². The van der Waals surface area contributed by atoms with Gasteiger partial charge in [0.2, 0.25) is 5.91 Å². The minimum Gasteiger partial charge on any atom is -0.492 e. The van der Waals surface area contributed by atoms with Crippen molar-refractivity contribution in [3.8, 4) is 5.75 Å². The molecule has 1 saturated carbocycles. The lowest BCUT2D eigenvalue weighted by Crippen LogP contribution is -2.38. The zero-order valence-corrected chi connectivity index (χ0v) is 13.5. The van der Waals surface area contributed by atoms with Gasteiger partial charge in [-0.1, -0.05) is 55.3 Å². The van der Waals surface area contributed by atoms with Gasteiger partial charge >= 0.3 is 0 Å². The third-order valence-corrected chi connectivity index (χ3v) is 4.65. The average molecular weight is 309 g/mol. The van der Waals surface area contributed by atoms with Gasteiger partial charge in [0.05, 0.1) is 17.7 Å². The summed E-state index contributed by atoms with van der Waals surface area (Å²) in [5.74, 6) is 0.804. The minimum absolute atomic E-state index is 0.0772. The lowest BCUT2D eigenvalue weighted by molar-refractivity contribution is -0.121. The molecule has 1 N–H and O–H groups in total. The van der Waals surface area contributed by atoms with Crippen LogP contribution in [0.5, 0.6) is 5.75 Å². The lowest BCUT2D eigenvalue weighted by Gasteiger charge is -2.28. The van der Waals surface area contributed by atoms with E-state index < -0.39 is 5.41 Å². The Morgan fingerprint density at radius 3 is 2.39 bits per heavy atom. The molecule has 0 aromatic heterocycles. The Morgan fingerprint density at radius 2 is 1.70 bits per heavy atom. The van der Waals surface area contributed by atoms with Gasteiger partial charge in [-0.2, -0.15) is 0 Å². The van der Waals surface area contributed by atoms with Crippen molar-refractivity contribution in [3.05, 3.63) is 60.2 Å². The molecular weight excluding hydrogens is 286 g/mol. The highest BCUT2D eigenvalue weighted by Crippen LogP contribution is 2.42. The molecule has 0 saturated heterocycles. The molecule has 1 amide bonds. The molecule has 120 valence electrons. The Balaban J connectivity index is 1.89. The summed E-state index contributed by atoms with van der Waals surface area (Å²) in [5, 5.41) is 3.11. The Morgan fingerprint density at radius 1 is 1.04 bits per heavy atom. The van der Waals surface area contributed by atoms with Crippen molar-refractivity contribution in [3.63, 3.8) is 0 Å². The molecular formula is C20H23NO2. The number of hydrogen-bond acceptors (Lipinski definition) is 2. The summed E-state index contributed by atoms with van der Waals surface area (Å²) in [6.07, 6.45) is 3.99. The van der Waals surface area contributed by atoms with Crippen LogP contribution in [-0.2, 0) is 10.2 Å². The summed E-state index contributed by atoms with van der Waals surface area (Å²) in [7, 11) is 0. The predicted octanol–water partition coefficient (Wildman–Crippen LogP) is 4.54. The molecule has 0 unspecified atom stereocenters. The molecule has 1 aliphatic rings. The molecule has 0 radical (unpaired) electrons. The van der Waals surface area contributed by atoms with Crippen LogP contribution in [0.3, 0.4) is 0 Å². The predicted molar refractivity (Wildman–Crippen MR) is 92.8 cm³/mol. The number of anilines is 1. The van der Waals surface area contributed by atoms with Crippen LogP contribution in [-0.4, -0.2) is 12.5 Å². The van der Waals surface area contributed by atoms with Gasteiger partial charge in [-0.25, -0.2) is 0 Å². The molecule has 1 fully saturated rings. The number of hydrogen-bond donors (Lipinski definition) is 1. The number of rotatable bonds is 5. The molecule has 0 spiro atoms. The van der Waals surface area contributed by atoms with E-state index in [4.69, 9.17) is 4.74 Å². The third kappa shape index (κ3) is 3.09. The van der Waals surface area contributed by atoms with Crippen molar-refractivity contribution in [2.24, 2.45) is 0 Å². The number of nitrogens with one attached hydrogen (secondary N) is 1. The highest BCUT2D eigenvalue weighted by molar-refractivity contribution is 6.00. The van der Waals surface area contributed by atoms with Crippen LogP contribution in [0.1, 0.15) is 38.2 Å². The normalized spacial score (nSPS) is 16.0. The smallest absolute Gasteiger partial charge is 0.235 e. The summed E-state index contributed by atoms with van der Waals surface area (Å²) in [6.45, 7) is 2.53. The van der Waals surface area contributed by atoms with E-state index in [0.29, 0.717) is 6.61 Å². The molecule has 3 rings (SSSR count). The first kappa shape index (κ1) is 15.6. The monoisotopic (exact) mass is 309 g/mol. The third-order valence-electron chi connectivity index (χ3n) is 4.65. The number of para-hydroxylation sites is 2. The van der Waals surface area contributed by atoms with Crippen LogP contribution in [0.25, 0.3) is 0 Å². The fraction of sp³-hybridized carbons (Fsp3) is 0.350. The van der Waals surface area contributed by atoms with E-state index in [1.54, 1.807) is 0 Å². The second kappa shape index (κ2) is 6.86. The van der Waals surface area contributed by atoms with E-state index in [1.807, 2.05) is 49.4 Å². The quantitative estimate of drug-likeness (QED) is 0.881. The van der Waals surface area contributed by atoms with Crippen molar-refractivity contribution in [2.45, 2.75) is 38.0 Å². The number of ether oxygens (including phenoxy) is 1. The van der Waals surface area contributed by atoms with E-state index in [1.165, 1.54) is 0 Å². The second-order valence-electron chi connectivity index (χ2n) is 6.04. The maximum atomic E-state index is 13.1. The molecule has 2 aromatic carbocycles. The molecule has 0 heterocycles. The van der Waals surface area contributed by atoms with Crippen molar-refractivity contribution >= 4 is 11.6 Å². The first-order chi connectivity index (χ1) is 11.3. The van der Waals surface area contributed by atoms with E-state index in [9.17, 15) is 4.79 Å². The van der Waals surface area contributed by atoms with E-state index in [0.717, 1.165) is 42.7 Å². The van der Waals surface area contributed by atoms with Crippen LogP contribution >= 0.6 is 0 Å². The van der Waals surface area contributed by atoms with Crippen LogP contribution in [0, 0.1) is 0 Å². The summed E-state index contributed by atoms with van der Waals surface area (Å²) in [5.41, 5.74) is 1.45. The number of benzene rings is 2. The summed E-state index contributed by atoms with van der Waals surface area (Å²) in [4.78, 5) is 13.1. The van der Waals surface area contributed by atoms with Crippen molar-refractivity contribution in [2.75, 3.05) is 11.9 Å². The Kier molecular flexibility index (Phi) is 4.65. The summed E-state index contributed by atoms with van der Waals surface area (Å²) >= 11 is 0. The van der Waals surface area contributed by atoms with Gasteiger partial charge < -0.3 is 10.1 Å². The first-order valence-corrected chi connectivity index (χ1v) is 8.35. The van der Waals surface area contributed by atoms with Crippen molar-refractivity contribution in [1.82, 2.24) is 0 Å². The fourth-order valence-electron chi connectivity index (χ4n) is 3.48. The SMILES string of the molecule is CCOc1ccccc1NC(=O)C1(c2ccccc2)CCCC1. The topological polar surface area (TPSA) is 38.3 Å². The van der Waals surface area contributed by atoms with Crippen LogP contribution in [0.15, 0.2) is 54.6 Å². The van der Waals surface area contributed by atoms with E-state index >= 15 is 0 Å². The molecule has 23 heavy (non-hydrogen) atoms. The van der Waals surface area contributed by atoms with Gasteiger partial charge in [-0.05, 0) is 37.5 Å². The standard InChI is InChI=1S/C20H23NO2/c1-2-23-18-13-7-6-12-17(18)21-19(22)20(14-8-9-15-20)16-10-4-3-5-11-16/h3-7,10-13H,2,8-9,14-15H2,1H3,(H,21,22). The van der Waals surface area contributed by atoms with E-state index in [2.05, 4.69) is 17.4 Å². The van der Waals surface area contributed by atoms with E-state index in [-0.39, 0.29) is 5.91 Å². The zero-order valence-electron chi connectivity index (χ0n) is 13.5. The molecule has 0 aliphatic heterocycles. The largest absolute Gasteiger partial charge is 0.492 e. The Bertz CT molecular complexity index is 660. The zero-order chi connectivity index (χ0) is 16.1.